The zero-order valence-electron chi connectivity index (χ0n) is 10.4. The van der Waals surface area contributed by atoms with E-state index < -0.39 is 4.92 Å². The summed E-state index contributed by atoms with van der Waals surface area (Å²) in [5.74, 6) is 0. The molecule has 1 aromatic carbocycles. The molecule has 18 heavy (non-hydrogen) atoms. The van der Waals surface area contributed by atoms with Crippen molar-refractivity contribution < 1.29 is 4.92 Å². The van der Waals surface area contributed by atoms with Gasteiger partial charge in [0.2, 0.25) is 0 Å². The summed E-state index contributed by atoms with van der Waals surface area (Å²) in [5.41, 5.74) is 3.66. The van der Waals surface area contributed by atoms with Crippen molar-refractivity contribution in [3.8, 4) is 11.3 Å². The summed E-state index contributed by atoms with van der Waals surface area (Å²) in [6.45, 7) is 3.91. The van der Waals surface area contributed by atoms with Crippen LogP contribution in [0.4, 0.5) is 5.69 Å². The maximum absolute atomic E-state index is 10.7. The van der Waals surface area contributed by atoms with Gasteiger partial charge in [0.05, 0.1) is 10.6 Å². The van der Waals surface area contributed by atoms with Crippen molar-refractivity contribution in [2.24, 2.45) is 0 Å². The zero-order valence-corrected chi connectivity index (χ0v) is 10.4. The molecule has 0 aliphatic rings. The highest BCUT2D eigenvalue weighted by Crippen LogP contribution is 2.23. The third kappa shape index (κ3) is 2.70. The van der Waals surface area contributed by atoms with Gasteiger partial charge in [-0.3, -0.25) is 15.1 Å². The van der Waals surface area contributed by atoms with Crippen LogP contribution in [-0.4, -0.2) is 9.91 Å². The number of aromatic nitrogens is 1. The second-order valence-corrected chi connectivity index (χ2v) is 3.91. The van der Waals surface area contributed by atoms with E-state index in [9.17, 15) is 10.1 Å². The molecule has 1 aromatic heterocycles. The van der Waals surface area contributed by atoms with Crippen LogP contribution in [0.25, 0.3) is 11.3 Å². The van der Waals surface area contributed by atoms with Crippen LogP contribution in [-0.2, 0) is 0 Å². The molecule has 0 spiro atoms. The first-order valence-corrected chi connectivity index (χ1v) is 5.27. The van der Waals surface area contributed by atoms with E-state index in [1.54, 1.807) is 6.07 Å². The number of non-ortho nitro benzene ring substituents is 1. The molecule has 0 saturated carbocycles. The minimum atomic E-state index is -0.398. The van der Waals surface area contributed by atoms with E-state index in [0.717, 1.165) is 22.5 Å². The lowest BCUT2D eigenvalue weighted by Crippen LogP contribution is -1.92. The largest absolute Gasteiger partial charge is 0.344 e. The Morgan fingerprint density at radius 3 is 2.50 bits per heavy atom. The number of rotatable bonds is 2. The molecule has 5 nitrogen and oxygen atoms in total. The first-order chi connectivity index (χ1) is 8.08. The molecule has 0 atom stereocenters. The van der Waals surface area contributed by atoms with Gasteiger partial charge < -0.3 is 6.15 Å². The van der Waals surface area contributed by atoms with Crippen molar-refractivity contribution in [3.05, 3.63) is 57.8 Å². The molecule has 0 fully saturated rings. The molecule has 0 saturated heterocycles. The first-order valence-electron chi connectivity index (χ1n) is 5.27. The summed E-state index contributed by atoms with van der Waals surface area (Å²) in [6, 6.07) is 10.4. The summed E-state index contributed by atoms with van der Waals surface area (Å²) in [5, 5.41) is 10.7. The molecule has 0 amide bonds. The lowest BCUT2D eigenvalue weighted by atomic mass is 10.1. The van der Waals surface area contributed by atoms with E-state index in [4.69, 9.17) is 0 Å². The van der Waals surface area contributed by atoms with Crippen LogP contribution in [0, 0.1) is 24.0 Å². The van der Waals surface area contributed by atoms with Crippen LogP contribution >= 0.6 is 0 Å². The summed E-state index contributed by atoms with van der Waals surface area (Å²) in [6.07, 6.45) is 0. The van der Waals surface area contributed by atoms with E-state index >= 15 is 0 Å². The molecule has 0 aliphatic heterocycles. The number of nitrogens with zero attached hydrogens (tertiary/aromatic N) is 2. The molecule has 2 rings (SSSR count). The normalized spacial score (nSPS) is 9.67. The van der Waals surface area contributed by atoms with E-state index in [0.29, 0.717) is 0 Å². The van der Waals surface area contributed by atoms with Crippen LogP contribution < -0.4 is 6.15 Å². The van der Waals surface area contributed by atoms with Gasteiger partial charge >= 0.3 is 0 Å². The van der Waals surface area contributed by atoms with Crippen molar-refractivity contribution in [1.82, 2.24) is 11.1 Å². The van der Waals surface area contributed by atoms with Gasteiger partial charge in [-0.2, -0.15) is 0 Å². The molecule has 0 bridgehead atoms. The average molecular weight is 245 g/mol. The molecule has 1 heterocycles. The zero-order chi connectivity index (χ0) is 12.4. The van der Waals surface area contributed by atoms with Crippen LogP contribution in [0.5, 0.6) is 0 Å². The summed E-state index contributed by atoms with van der Waals surface area (Å²) < 4.78 is 0. The van der Waals surface area contributed by atoms with Gasteiger partial charge in [0.15, 0.2) is 0 Å². The van der Waals surface area contributed by atoms with E-state index in [2.05, 4.69) is 4.98 Å². The predicted molar refractivity (Wildman–Crippen MR) is 70.8 cm³/mol. The minimum absolute atomic E-state index is 0. The molecule has 5 heteroatoms. The lowest BCUT2D eigenvalue weighted by molar-refractivity contribution is -0.384. The Bertz CT molecular complexity index is 582. The van der Waals surface area contributed by atoms with Gasteiger partial charge in [0.25, 0.3) is 5.69 Å². The van der Waals surface area contributed by atoms with E-state index in [-0.39, 0.29) is 11.8 Å². The fourth-order valence-electron chi connectivity index (χ4n) is 1.57. The number of benzene rings is 1. The highest BCUT2D eigenvalue weighted by atomic mass is 16.6. The van der Waals surface area contributed by atoms with Crippen LogP contribution in [0.3, 0.4) is 0 Å². The Morgan fingerprint density at radius 1 is 1.17 bits per heavy atom. The van der Waals surface area contributed by atoms with Gasteiger partial charge in [0, 0.05) is 23.4 Å². The molecule has 2 aromatic rings. The Balaban J connectivity index is 0.00000162. The highest BCUT2D eigenvalue weighted by molar-refractivity contribution is 5.62. The second kappa shape index (κ2) is 5.37. The summed E-state index contributed by atoms with van der Waals surface area (Å²) in [7, 11) is 0. The Morgan fingerprint density at radius 2 is 1.89 bits per heavy atom. The van der Waals surface area contributed by atoms with Crippen molar-refractivity contribution in [1.29, 1.82) is 0 Å². The third-order valence-corrected chi connectivity index (χ3v) is 2.70. The van der Waals surface area contributed by atoms with Crippen LogP contribution in [0.15, 0.2) is 36.4 Å². The molecular formula is C13H15N3O2. The molecule has 0 unspecified atom stereocenters. The smallest absolute Gasteiger partial charge is 0.270 e. The van der Waals surface area contributed by atoms with Crippen molar-refractivity contribution in [2.45, 2.75) is 13.8 Å². The van der Waals surface area contributed by atoms with Gasteiger partial charge in [-0.15, -0.1) is 0 Å². The number of hydrogen-bond donors (Lipinski definition) is 1. The SMILES string of the molecule is Cc1ccc(-c2cccc([N+](=O)[O-])c2)nc1C.N. The Hall–Kier alpha value is -2.27. The van der Waals surface area contributed by atoms with Crippen LogP contribution in [0.2, 0.25) is 0 Å². The number of nitro benzene ring substituents is 1. The maximum Gasteiger partial charge on any atom is 0.270 e. The average Bonchev–Trinajstić information content (AvgIpc) is 2.33. The van der Waals surface area contributed by atoms with Gasteiger partial charge in [-0.1, -0.05) is 18.2 Å². The Kier molecular flexibility index (Phi) is 4.12. The monoisotopic (exact) mass is 245 g/mol. The number of nitro groups is 1. The molecule has 0 radical (unpaired) electrons. The number of pyridine rings is 1. The number of hydrogen-bond acceptors (Lipinski definition) is 4. The molecule has 0 aliphatic carbocycles. The standard InChI is InChI=1S/C13H12N2O2.H3N/c1-9-6-7-13(14-10(9)2)11-4-3-5-12(8-11)15(16)17;/h3-8H,1-2H3;1H3. The van der Waals surface area contributed by atoms with Gasteiger partial charge in [-0.05, 0) is 25.5 Å². The summed E-state index contributed by atoms with van der Waals surface area (Å²) in [4.78, 5) is 14.7. The molecule has 3 N–H and O–H groups in total. The van der Waals surface area contributed by atoms with Crippen LogP contribution in [0.1, 0.15) is 11.3 Å². The van der Waals surface area contributed by atoms with Gasteiger partial charge in [-0.25, -0.2) is 0 Å². The van der Waals surface area contributed by atoms with E-state index in [1.807, 2.05) is 32.0 Å². The fourth-order valence-corrected chi connectivity index (χ4v) is 1.57. The van der Waals surface area contributed by atoms with Crippen molar-refractivity contribution in [2.75, 3.05) is 0 Å². The van der Waals surface area contributed by atoms with Crippen molar-refractivity contribution >= 4 is 5.69 Å². The quantitative estimate of drug-likeness (QED) is 0.648. The first kappa shape index (κ1) is 13.8. The molecule has 94 valence electrons. The van der Waals surface area contributed by atoms with Crippen molar-refractivity contribution in [3.63, 3.8) is 0 Å². The van der Waals surface area contributed by atoms with E-state index in [1.165, 1.54) is 12.1 Å². The Labute approximate surface area is 105 Å². The fraction of sp³-hybridized carbons (Fsp3) is 0.154. The predicted octanol–water partition coefficient (Wildman–Crippen LogP) is 3.44. The second-order valence-electron chi connectivity index (χ2n) is 3.91. The maximum atomic E-state index is 10.7. The minimum Gasteiger partial charge on any atom is -0.344 e. The topological polar surface area (TPSA) is 91.0 Å². The molecular weight excluding hydrogens is 230 g/mol. The third-order valence-electron chi connectivity index (χ3n) is 2.70. The van der Waals surface area contributed by atoms with Gasteiger partial charge in [0.1, 0.15) is 0 Å². The highest BCUT2D eigenvalue weighted by Gasteiger charge is 2.08. The number of aryl methyl sites for hydroxylation is 2. The lowest BCUT2D eigenvalue weighted by Gasteiger charge is -2.04. The summed E-state index contributed by atoms with van der Waals surface area (Å²) >= 11 is 0.